The highest BCUT2D eigenvalue weighted by Gasteiger charge is 2.32. The number of carbonyl (C=O) groups is 1. The second-order valence-electron chi connectivity index (χ2n) is 7.86. The first-order chi connectivity index (χ1) is 12.3. The summed E-state index contributed by atoms with van der Waals surface area (Å²) in [5.41, 5.74) is 7.57. The van der Waals surface area contributed by atoms with E-state index in [4.69, 9.17) is 0 Å². The fourth-order valence-corrected chi connectivity index (χ4v) is 4.25. The summed E-state index contributed by atoms with van der Waals surface area (Å²) in [6.45, 7) is 10.1. The van der Waals surface area contributed by atoms with Gasteiger partial charge in [0.05, 0.1) is 12.0 Å². The molecule has 3 rings (SSSR count). The lowest BCUT2D eigenvalue weighted by Crippen LogP contribution is -2.41. The molecule has 26 heavy (non-hydrogen) atoms. The number of rotatable bonds is 4. The maximum Gasteiger partial charge on any atom is 0.307 e. The molecule has 0 saturated carbocycles. The quantitative estimate of drug-likeness (QED) is 0.859. The molecule has 1 saturated heterocycles. The van der Waals surface area contributed by atoms with E-state index in [1.54, 1.807) is 0 Å². The lowest BCUT2D eigenvalue weighted by atomic mass is 9.88. The molecule has 1 fully saturated rings. The molecule has 1 aliphatic heterocycles. The number of hydrogen-bond acceptors (Lipinski definition) is 2. The first-order valence-electron chi connectivity index (χ1n) is 9.47. The van der Waals surface area contributed by atoms with Gasteiger partial charge in [-0.15, -0.1) is 0 Å². The number of aryl methyl sites for hydroxylation is 4. The van der Waals surface area contributed by atoms with Crippen LogP contribution in [-0.4, -0.2) is 29.1 Å². The van der Waals surface area contributed by atoms with Gasteiger partial charge in [0.15, 0.2) is 0 Å². The Balaban J connectivity index is 2.09. The highest BCUT2D eigenvalue weighted by molar-refractivity contribution is 5.70. The molecule has 0 aromatic heterocycles. The van der Waals surface area contributed by atoms with Crippen molar-refractivity contribution in [3.05, 3.63) is 69.8 Å². The third-order valence-corrected chi connectivity index (χ3v) is 5.46. The van der Waals surface area contributed by atoms with Gasteiger partial charge in [-0.1, -0.05) is 53.1 Å². The summed E-state index contributed by atoms with van der Waals surface area (Å²) in [6.07, 6.45) is 1.71. The van der Waals surface area contributed by atoms with Crippen LogP contribution in [0.4, 0.5) is 0 Å². The van der Waals surface area contributed by atoms with Gasteiger partial charge in [-0.3, -0.25) is 9.69 Å². The number of likely N-dealkylation sites (tertiary alicyclic amines) is 1. The van der Waals surface area contributed by atoms with Gasteiger partial charge in [-0.2, -0.15) is 0 Å². The van der Waals surface area contributed by atoms with Crippen molar-refractivity contribution in [2.75, 3.05) is 13.1 Å². The average molecular weight is 351 g/mol. The number of carboxylic acid groups (broad SMARTS) is 1. The Morgan fingerprint density at radius 3 is 2.38 bits per heavy atom. The van der Waals surface area contributed by atoms with Crippen LogP contribution in [0.25, 0.3) is 0 Å². The summed E-state index contributed by atoms with van der Waals surface area (Å²) in [5.74, 6) is -0.947. The zero-order valence-corrected chi connectivity index (χ0v) is 16.2. The highest BCUT2D eigenvalue weighted by Crippen LogP contribution is 2.35. The summed E-state index contributed by atoms with van der Waals surface area (Å²) >= 11 is 0. The smallest absolute Gasteiger partial charge is 0.307 e. The van der Waals surface area contributed by atoms with E-state index >= 15 is 0 Å². The SMILES string of the molecule is Cc1cc(C)cc(C(c2cc(C)ccc2C)N2CCCC(C(=O)O)C2)c1. The molecule has 2 aromatic carbocycles. The molecule has 1 heterocycles. The normalized spacial score (nSPS) is 19.3. The van der Waals surface area contributed by atoms with Crippen molar-refractivity contribution in [1.82, 2.24) is 4.90 Å². The Bertz CT molecular complexity index is 792. The predicted octanol–water partition coefficient (Wildman–Crippen LogP) is 4.81. The van der Waals surface area contributed by atoms with E-state index in [0.717, 1.165) is 19.4 Å². The van der Waals surface area contributed by atoms with Crippen LogP contribution < -0.4 is 0 Å². The molecule has 3 nitrogen and oxygen atoms in total. The molecule has 1 aliphatic rings. The second kappa shape index (κ2) is 7.63. The topological polar surface area (TPSA) is 40.5 Å². The molecule has 0 radical (unpaired) electrons. The summed E-state index contributed by atoms with van der Waals surface area (Å²) in [7, 11) is 0. The van der Waals surface area contributed by atoms with Crippen LogP contribution in [0.2, 0.25) is 0 Å². The van der Waals surface area contributed by atoms with Gasteiger partial charge in [0, 0.05) is 6.54 Å². The van der Waals surface area contributed by atoms with Gasteiger partial charge in [0.1, 0.15) is 0 Å². The molecule has 0 amide bonds. The lowest BCUT2D eigenvalue weighted by molar-refractivity contribution is -0.143. The minimum absolute atomic E-state index is 0.107. The largest absolute Gasteiger partial charge is 0.481 e. The number of nitrogens with zero attached hydrogens (tertiary/aromatic N) is 1. The van der Waals surface area contributed by atoms with E-state index in [1.165, 1.54) is 33.4 Å². The van der Waals surface area contributed by atoms with Crippen molar-refractivity contribution in [3.63, 3.8) is 0 Å². The van der Waals surface area contributed by atoms with Crippen molar-refractivity contribution in [2.45, 2.75) is 46.6 Å². The molecule has 138 valence electrons. The molecule has 0 aliphatic carbocycles. The third-order valence-electron chi connectivity index (χ3n) is 5.46. The van der Waals surface area contributed by atoms with E-state index < -0.39 is 5.97 Å². The highest BCUT2D eigenvalue weighted by atomic mass is 16.4. The van der Waals surface area contributed by atoms with E-state index in [9.17, 15) is 9.90 Å². The molecule has 2 atom stereocenters. The van der Waals surface area contributed by atoms with E-state index in [0.29, 0.717) is 6.54 Å². The molecule has 0 spiro atoms. The van der Waals surface area contributed by atoms with Crippen molar-refractivity contribution in [3.8, 4) is 0 Å². The van der Waals surface area contributed by atoms with Crippen molar-refractivity contribution in [1.29, 1.82) is 0 Å². The van der Waals surface area contributed by atoms with Gasteiger partial charge < -0.3 is 5.11 Å². The van der Waals surface area contributed by atoms with Crippen LogP contribution in [-0.2, 0) is 4.79 Å². The Kier molecular flexibility index (Phi) is 5.47. The van der Waals surface area contributed by atoms with Crippen LogP contribution in [0.1, 0.15) is 52.3 Å². The predicted molar refractivity (Wildman–Crippen MR) is 106 cm³/mol. The Labute approximate surface area is 156 Å². The van der Waals surface area contributed by atoms with Crippen LogP contribution in [0.3, 0.4) is 0 Å². The van der Waals surface area contributed by atoms with Crippen molar-refractivity contribution >= 4 is 5.97 Å². The Morgan fingerprint density at radius 2 is 1.73 bits per heavy atom. The lowest BCUT2D eigenvalue weighted by Gasteiger charge is -2.38. The Hall–Kier alpha value is -2.13. The molecule has 2 unspecified atom stereocenters. The first kappa shape index (κ1) is 18.7. The average Bonchev–Trinajstić information content (AvgIpc) is 2.58. The minimum Gasteiger partial charge on any atom is -0.481 e. The van der Waals surface area contributed by atoms with Crippen LogP contribution in [0.15, 0.2) is 36.4 Å². The summed E-state index contributed by atoms with van der Waals surface area (Å²) in [6, 6.07) is 13.4. The Morgan fingerprint density at radius 1 is 1.04 bits per heavy atom. The number of aliphatic carboxylic acids is 1. The number of piperidine rings is 1. The maximum absolute atomic E-state index is 11.6. The first-order valence-corrected chi connectivity index (χ1v) is 9.47. The van der Waals surface area contributed by atoms with Crippen molar-refractivity contribution < 1.29 is 9.90 Å². The van der Waals surface area contributed by atoms with Gasteiger partial charge >= 0.3 is 5.97 Å². The zero-order valence-electron chi connectivity index (χ0n) is 16.2. The summed E-state index contributed by atoms with van der Waals surface area (Å²) in [4.78, 5) is 14.0. The molecular formula is C23H29NO2. The maximum atomic E-state index is 11.6. The molecule has 0 bridgehead atoms. The molecule has 2 aromatic rings. The van der Waals surface area contributed by atoms with E-state index in [-0.39, 0.29) is 12.0 Å². The molecular weight excluding hydrogens is 322 g/mol. The van der Waals surface area contributed by atoms with E-state index in [2.05, 4.69) is 69.0 Å². The second-order valence-corrected chi connectivity index (χ2v) is 7.86. The number of carboxylic acids is 1. The fourth-order valence-electron chi connectivity index (χ4n) is 4.25. The number of benzene rings is 2. The monoisotopic (exact) mass is 351 g/mol. The van der Waals surface area contributed by atoms with Gasteiger partial charge in [-0.05, 0) is 63.8 Å². The van der Waals surface area contributed by atoms with Crippen LogP contribution in [0.5, 0.6) is 0 Å². The van der Waals surface area contributed by atoms with E-state index in [1.807, 2.05) is 0 Å². The van der Waals surface area contributed by atoms with Gasteiger partial charge in [0.25, 0.3) is 0 Å². The minimum atomic E-state index is -0.671. The van der Waals surface area contributed by atoms with Crippen LogP contribution >= 0.6 is 0 Å². The summed E-state index contributed by atoms with van der Waals surface area (Å²) in [5, 5.41) is 9.54. The standard InChI is InChI=1S/C23H29NO2/c1-15-7-8-18(4)21(13-15)22(20-11-16(2)10-17(3)12-20)24-9-5-6-19(14-24)23(25)26/h7-8,10-13,19,22H,5-6,9,14H2,1-4H3,(H,25,26). The van der Waals surface area contributed by atoms with Crippen LogP contribution in [0, 0.1) is 33.6 Å². The van der Waals surface area contributed by atoms with Crippen molar-refractivity contribution in [2.24, 2.45) is 5.92 Å². The van der Waals surface area contributed by atoms with Gasteiger partial charge in [-0.25, -0.2) is 0 Å². The number of hydrogen-bond donors (Lipinski definition) is 1. The summed E-state index contributed by atoms with van der Waals surface area (Å²) < 4.78 is 0. The molecule has 3 heteroatoms. The fraction of sp³-hybridized carbons (Fsp3) is 0.435. The molecule has 1 N–H and O–H groups in total. The third kappa shape index (κ3) is 3.99. The zero-order chi connectivity index (χ0) is 18.8. The van der Waals surface area contributed by atoms with Gasteiger partial charge in [0.2, 0.25) is 0 Å².